The summed E-state index contributed by atoms with van der Waals surface area (Å²) < 4.78 is 0. The summed E-state index contributed by atoms with van der Waals surface area (Å²) in [4.78, 5) is 2.33. The Hall–Kier alpha value is -2.11. The van der Waals surface area contributed by atoms with Crippen molar-refractivity contribution in [3.05, 3.63) is 109 Å². The first kappa shape index (κ1) is 22.2. The molecule has 0 aliphatic heterocycles. The van der Waals surface area contributed by atoms with Crippen molar-refractivity contribution in [3.8, 4) is 0 Å². The number of benzene rings is 2. The zero-order valence-electron chi connectivity index (χ0n) is 16.3. The van der Waals surface area contributed by atoms with Gasteiger partial charge in [-0.3, -0.25) is 0 Å². The molecule has 0 fully saturated rings. The van der Waals surface area contributed by atoms with Gasteiger partial charge in [-0.25, -0.2) is 12.1 Å². The first-order valence-electron chi connectivity index (χ1n) is 9.35. The van der Waals surface area contributed by atoms with Crippen molar-refractivity contribution in [3.63, 3.8) is 0 Å². The summed E-state index contributed by atoms with van der Waals surface area (Å²) in [7, 11) is 1.66. The third-order valence-electron chi connectivity index (χ3n) is 4.48. The molecule has 0 heterocycles. The standard InChI is InChI=1S/C20H21NP.C5H5.Fe/c1-3-21(2)19-15-10-16-20(19)22(17-11-6-4-7-12-17)18-13-8-5-9-14-18;1-2-4-5-3-1;/h4-16H,3H2,1-2H3;1-5H;/q-1;-5;. The second-order valence-electron chi connectivity index (χ2n) is 6.28. The van der Waals surface area contributed by atoms with Crippen molar-refractivity contribution in [2.75, 3.05) is 18.5 Å². The molecule has 0 saturated carbocycles. The van der Waals surface area contributed by atoms with Crippen molar-refractivity contribution in [1.82, 2.24) is 0 Å². The van der Waals surface area contributed by atoms with Crippen molar-refractivity contribution < 1.29 is 17.1 Å². The molecule has 0 amide bonds. The van der Waals surface area contributed by atoms with Crippen LogP contribution in [0.3, 0.4) is 0 Å². The Morgan fingerprint density at radius 1 is 0.750 bits per heavy atom. The number of nitrogens with zero attached hydrogens (tertiary/aromatic N) is 1. The molecule has 150 valence electrons. The largest absolute Gasteiger partial charge is 0.748 e. The fourth-order valence-corrected chi connectivity index (χ4v) is 5.49. The molecule has 3 heteroatoms. The van der Waals surface area contributed by atoms with Crippen LogP contribution in [-0.4, -0.2) is 13.6 Å². The van der Waals surface area contributed by atoms with E-state index in [0.29, 0.717) is 0 Å². The summed E-state index contributed by atoms with van der Waals surface area (Å²) in [5.74, 6) is 0. The number of hydrogen-bond donors (Lipinski definition) is 0. The summed E-state index contributed by atoms with van der Waals surface area (Å²) in [6.45, 7) is 3.22. The van der Waals surface area contributed by atoms with Crippen LogP contribution in [0.2, 0.25) is 0 Å². The van der Waals surface area contributed by atoms with Crippen LogP contribution in [0.5, 0.6) is 0 Å². The van der Waals surface area contributed by atoms with Gasteiger partial charge >= 0.3 is 0 Å². The Kier molecular flexibility index (Phi) is 9.24. The van der Waals surface area contributed by atoms with Gasteiger partial charge in [0.15, 0.2) is 0 Å². The van der Waals surface area contributed by atoms with Gasteiger partial charge < -0.3 is 35.2 Å². The SMILES string of the molecule is CCN(C)[c-]1cccc1P(c1ccccc1)c1ccccc1.[Fe].[cH-]1[cH-][cH-][cH-][cH-]1. The van der Waals surface area contributed by atoms with E-state index in [2.05, 4.69) is 97.7 Å². The summed E-state index contributed by atoms with van der Waals surface area (Å²) >= 11 is 0. The minimum atomic E-state index is -0.510. The van der Waals surface area contributed by atoms with E-state index in [1.165, 1.54) is 21.6 Å². The first-order valence-corrected chi connectivity index (χ1v) is 10.7. The molecule has 0 spiro atoms. The molecule has 0 bridgehead atoms. The van der Waals surface area contributed by atoms with Gasteiger partial charge in [0.05, 0.1) is 0 Å². The van der Waals surface area contributed by atoms with Crippen molar-refractivity contribution >= 4 is 29.5 Å². The fraction of sp³-hybridized carbons (Fsp3) is 0.120. The van der Waals surface area contributed by atoms with Crippen molar-refractivity contribution in [2.45, 2.75) is 6.92 Å². The molecule has 4 aromatic rings. The van der Waals surface area contributed by atoms with E-state index in [0.717, 1.165) is 6.54 Å². The second-order valence-corrected chi connectivity index (χ2v) is 8.46. The van der Waals surface area contributed by atoms with Gasteiger partial charge in [0.25, 0.3) is 0 Å². The average Bonchev–Trinajstić information content (AvgIpc) is 3.45. The van der Waals surface area contributed by atoms with Gasteiger partial charge in [-0.15, -0.1) is 5.30 Å². The second kappa shape index (κ2) is 11.7. The van der Waals surface area contributed by atoms with Crippen LogP contribution in [0.25, 0.3) is 0 Å². The third-order valence-corrected chi connectivity index (χ3v) is 6.97. The van der Waals surface area contributed by atoms with Gasteiger partial charge in [0.1, 0.15) is 0 Å². The summed E-state index contributed by atoms with van der Waals surface area (Å²) in [5, 5.41) is 4.25. The predicted molar refractivity (Wildman–Crippen MR) is 122 cm³/mol. The Balaban J connectivity index is 0.000000408. The van der Waals surface area contributed by atoms with Crippen LogP contribution >= 0.6 is 7.92 Å². The first-order chi connectivity index (χ1) is 13.3. The monoisotopic (exact) mass is 427 g/mol. The molecule has 0 unspecified atom stereocenters. The van der Waals surface area contributed by atoms with Gasteiger partial charge in [-0.05, 0) is 32.5 Å². The zero-order chi connectivity index (χ0) is 18.9. The van der Waals surface area contributed by atoms with E-state index in [1.807, 2.05) is 30.3 Å². The average molecular weight is 427 g/mol. The molecular weight excluding hydrogens is 401 g/mol. The third kappa shape index (κ3) is 5.69. The Bertz CT molecular complexity index is 828. The quantitative estimate of drug-likeness (QED) is 0.246. The van der Waals surface area contributed by atoms with E-state index < -0.39 is 7.92 Å². The van der Waals surface area contributed by atoms with Gasteiger partial charge in [0.2, 0.25) is 0 Å². The molecule has 0 aromatic heterocycles. The summed E-state index contributed by atoms with van der Waals surface area (Å²) in [6, 6.07) is 38.4. The molecular formula is C25H26FeNP-6. The summed E-state index contributed by atoms with van der Waals surface area (Å²) in [5.41, 5.74) is 1.35. The number of hydrogen-bond acceptors (Lipinski definition) is 1. The molecule has 0 atom stereocenters. The topological polar surface area (TPSA) is 3.24 Å². The maximum absolute atomic E-state index is 2.33. The Morgan fingerprint density at radius 2 is 1.21 bits per heavy atom. The van der Waals surface area contributed by atoms with Gasteiger partial charge in [-0.1, -0.05) is 66.4 Å². The maximum atomic E-state index is 2.33. The van der Waals surface area contributed by atoms with E-state index in [9.17, 15) is 0 Å². The predicted octanol–water partition coefficient (Wildman–Crippen LogP) is 5.02. The molecule has 0 radical (unpaired) electrons. The molecule has 4 rings (SSSR count). The van der Waals surface area contributed by atoms with Crippen LogP contribution < -0.4 is 20.8 Å². The van der Waals surface area contributed by atoms with Crippen LogP contribution in [-0.2, 0) is 17.1 Å². The molecule has 0 aliphatic rings. The molecule has 4 aromatic carbocycles. The van der Waals surface area contributed by atoms with E-state index in [-0.39, 0.29) is 17.1 Å². The molecule has 0 N–H and O–H groups in total. The van der Waals surface area contributed by atoms with Crippen LogP contribution in [0, 0.1) is 0 Å². The molecule has 0 aliphatic carbocycles. The van der Waals surface area contributed by atoms with Crippen LogP contribution in [0.15, 0.2) is 109 Å². The summed E-state index contributed by atoms with van der Waals surface area (Å²) in [6.07, 6.45) is 0. The zero-order valence-corrected chi connectivity index (χ0v) is 18.3. The van der Waals surface area contributed by atoms with Crippen molar-refractivity contribution in [2.24, 2.45) is 0 Å². The van der Waals surface area contributed by atoms with E-state index in [4.69, 9.17) is 0 Å². The molecule has 0 saturated heterocycles. The molecule has 28 heavy (non-hydrogen) atoms. The van der Waals surface area contributed by atoms with Gasteiger partial charge in [0, 0.05) is 23.6 Å². The minimum absolute atomic E-state index is 0. The molecule has 1 nitrogen and oxygen atoms in total. The number of anilines is 1. The number of rotatable bonds is 5. The fourth-order valence-electron chi connectivity index (χ4n) is 2.99. The Labute approximate surface area is 181 Å². The van der Waals surface area contributed by atoms with Crippen LogP contribution in [0.4, 0.5) is 5.69 Å². The smallest absolute Gasteiger partial charge is 0.00289 e. The van der Waals surface area contributed by atoms with Crippen molar-refractivity contribution in [1.29, 1.82) is 0 Å². The van der Waals surface area contributed by atoms with E-state index in [1.54, 1.807) is 0 Å². The normalized spacial score (nSPS) is 9.96. The maximum Gasteiger partial charge on any atom is 0.00289 e. The van der Waals surface area contributed by atoms with Crippen LogP contribution in [0.1, 0.15) is 6.92 Å². The van der Waals surface area contributed by atoms with E-state index >= 15 is 0 Å². The Morgan fingerprint density at radius 3 is 1.64 bits per heavy atom. The van der Waals surface area contributed by atoms with Gasteiger partial charge in [-0.2, -0.15) is 6.07 Å². The minimum Gasteiger partial charge on any atom is -0.748 e.